The molecule has 0 fully saturated rings. The van der Waals surface area contributed by atoms with Crippen molar-refractivity contribution in [3.05, 3.63) is 35.1 Å². The van der Waals surface area contributed by atoms with Gasteiger partial charge in [0.2, 0.25) is 0 Å². The quantitative estimate of drug-likeness (QED) is 0.747. The number of rotatable bonds is 7. The van der Waals surface area contributed by atoms with Crippen LogP contribution < -0.4 is 5.32 Å². The molecule has 5 nitrogen and oxygen atoms in total. The fraction of sp³-hybridized carbons (Fsp3) is 0.429. The van der Waals surface area contributed by atoms with E-state index in [9.17, 15) is 14.0 Å². The lowest BCUT2D eigenvalue weighted by atomic mass is 10.1. The van der Waals surface area contributed by atoms with Crippen LogP contribution in [0.4, 0.5) is 4.39 Å². The van der Waals surface area contributed by atoms with Crippen LogP contribution in [0.1, 0.15) is 28.8 Å². The number of carbonyl (C=O) groups excluding carboxylic acids is 1. The lowest BCUT2D eigenvalue weighted by molar-refractivity contribution is -0.139. The van der Waals surface area contributed by atoms with E-state index in [-0.39, 0.29) is 12.0 Å². The van der Waals surface area contributed by atoms with E-state index in [1.54, 1.807) is 6.92 Å². The predicted molar refractivity (Wildman–Crippen MR) is 71.1 cm³/mol. The van der Waals surface area contributed by atoms with Crippen LogP contribution >= 0.6 is 0 Å². The number of halogens is 1. The number of hydrogen-bond acceptors (Lipinski definition) is 3. The Morgan fingerprint density at radius 3 is 2.70 bits per heavy atom. The zero-order valence-electron chi connectivity index (χ0n) is 11.5. The van der Waals surface area contributed by atoms with E-state index in [1.807, 2.05) is 0 Å². The fourth-order valence-electron chi connectivity index (χ4n) is 1.66. The molecule has 1 unspecified atom stereocenters. The van der Waals surface area contributed by atoms with E-state index >= 15 is 0 Å². The van der Waals surface area contributed by atoms with Gasteiger partial charge in [0.05, 0.1) is 0 Å². The normalized spacial score (nSPS) is 11.9. The molecule has 0 saturated carbocycles. The molecule has 1 atom stereocenters. The van der Waals surface area contributed by atoms with Gasteiger partial charge in [-0.2, -0.15) is 0 Å². The Morgan fingerprint density at radius 2 is 2.15 bits per heavy atom. The number of amides is 1. The van der Waals surface area contributed by atoms with Crippen LogP contribution in [0.3, 0.4) is 0 Å². The number of aryl methyl sites for hydroxylation is 1. The van der Waals surface area contributed by atoms with Crippen molar-refractivity contribution in [1.82, 2.24) is 5.32 Å². The van der Waals surface area contributed by atoms with Crippen LogP contribution in [0.25, 0.3) is 0 Å². The number of carbonyl (C=O) groups is 2. The number of aliphatic carboxylic acids is 1. The molecule has 2 N–H and O–H groups in total. The Kier molecular flexibility index (Phi) is 6.11. The van der Waals surface area contributed by atoms with Crippen LogP contribution in [0.15, 0.2) is 18.2 Å². The summed E-state index contributed by atoms with van der Waals surface area (Å²) in [4.78, 5) is 22.9. The molecule has 1 aromatic rings. The summed E-state index contributed by atoms with van der Waals surface area (Å²) in [5.74, 6) is -2.22. The largest absolute Gasteiger partial charge is 0.480 e. The number of carboxylic acids is 1. The number of benzene rings is 1. The molecule has 0 aliphatic heterocycles. The molecule has 0 heterocycles. The SMILES string of the molecule is COCCCC(NC(=O)c1ccc(C)c(F)c1)C(=O)O. The molecule has 0 aliphatic rings. The first-order valence-corrected chi connectivity index (χ1v) is 6.24. The highest BCUT2D eigenvalue weighted by molar-refractivity contribution is 5.96. The van der Waals surface area contributed by atoms with Gasteiger partial charge in [-0.15, -0.1) is 0 Å². The topological polar surface area (TPSA) is 75.6 Å². The summed E-state index contributed by atoms with van der Waals surface area (Å²) < 4.78 is 18.2. The average Bonchev–Trinajstić information content (AvgIpc) is 2.40. The molecule has 0 bridgehead atoms. The molecule has 0 aromatic heterocycles. The second-order valence-corrected chi connectivity index (χ2v) is 4.46. The summed E-state index contributed by atoms with van der Waals surface area (Å²) in [5.41, 5.74) is 0.530. The van der Waals surface area contributed by atoms with Gasteiger partial charge in [0.1, 0.15) is 11.9 Å². The van der Waals surface area contributed by atoms with Crippen molar-refractivity contribution in [1.29, 1.82) is 0 Å². The molecule has 0 radical (unpaired) electrons. The zero-order chi connectivity index (χ0) is 15.1. The van der Waals surface area contributed by atoms with Gasteiger partial charge < -0.3 is 15.2 Å². The van der Waals surface area contributed by atoms with E-state index < -0.39 is 23.7 Å². The number of carboxylic acid groups (broad SMARTS) is 1. The Labute approximate surface area is 116 Å². The Balaban J connectivity index is 2.69. The highest BCUT2D eigenvalue weighted by atomic mass is 19.1. The monoisotopic (exact) mass is 283 g/mol. The molecule has 20 heavy (non-hydrogen) atoms. The van der Waals surface area contributed by atoms with Crippen molar-refractivity contribution in [3.63, 3.8) is 0 Å². The van der Waals surface area contributed by atoms with E-state index in [0.717, 1.165) is 6.07 Å². The molecule has 1 aromatic carbocycles. The summed E-state index contributed by atoms with van der Waals surface area (Å²) in [5, 5.41) is 11.4. The van der Waals surface area contributed by atoms with Crippen LogP contribution in [0.2, 0.25) is 0 Å². The minimum absolute atomic E-state index is 0.103. The van der Waals surface area contributed by atoms with Gasteiger partial charge in [-0.3, -0.25) is 4.79 Å². The van der Waals surface area contributed by atoms with Gasteiger partial charge in [0.15, 0.2) is 0 Å². The van der Waals surface area contributed by atoms with E-state index in [0.29, 0.717) is 18.6 Å². The summed E-state index contributed by atoms with van der Waals surface area (Å²) in [6, 6.07) is 3.02. The number of ether oxygens (including phenoxy) is 1. The molecule has 6 heteroatoms. The van der Waals surface area contributed by atoms with Gasteiger partial charge in [0.25, 0.3) is 5.91 Å². The molecule has 1 amide bonds. The van der Waals surface area contributed by atoms with Gasteiger partial charge in [-0.05, 0) is 37.5 Å². The maximum absolute atomic E-state index is 13.4. The van der Waals surface area contributed by atoms with Crippen molar-refractivity contribution >= 4 is 11.9 Å². The third-order valence-electron chi connectivity index (χ3n) is 2.88. The van der Waals surface area contributed by atoms with Crippen molar-refractivity contribution in [2.24, 2.45) is 0 Å². The van der Waals surface area contributed by atoms with Gasteiger partial charge in [0, 0.05) is 19.3 Å². The zero-order valence-corrected chi connectivity index (χ0v) is 11.5. The Morgan fingerprint density at radius 1 is 1.45 bits per heavy atom. The minimum atomic E-state index is -1.12. The second kappa shape index (κ2) is 7.59. The van der Waals surface area contributed by atoms with Crippen molar-refractivity contribution in [3.8, 4) is 0 Å². The second-order valence-electron chi connectivity index (χ2n) is 4.46. The van der Waals surface area contributed by atoms with Crippen molar-refractivity contribution in [2.45, 2.75) is 25.8 Å². The first-order valence-electron chi connectivity index (χ1n) is 6.24. The molecule has 0 spiro atoms. The highest BCUT2D eigenvalue weighted by Gasteiger charge is 2.20. The van der Waals surface area contributed by atoms with Crippen LogP contribution in [-0.2, 0) is 9.53 Å². The van der Waals surface area contributed by atoms with Gasteiger partial charge in [-0.1, -0.05) is 6.07 Å². The van der Waals surface area contributed by atoms with Crippen molar-refractivity contribution in [2.75, 3.05) is 13.7 Å². The van der Waals surface area contributed by atoms with Gasteiger partial charge in [-0.25, -0.2) is 9.18 Å². The highest BCUT2D eigenvalue weighted by Crippen LogP contribution is 2.10. The summed E-state index contributed by atoms with van der Waals surface area (Å²) >= 11 is 0. The van der Waals surface area contributed by atoms with E-state index in [1.165, 1.54) is 19.2 Å². The third kappa shape index (κ3) is 4.62. The lowest BCUT2D eigenvalue weighted by Crippen LogP contribution is -2.41. The Hall–Kier alpha value is -1.95. The van der Waals surface area contributed by atoms with Crippen LogP contribution in [0.5, 0.6) is 0 Å². The van der Waals surface area contributed by atoms with Crippen LogP contribution in [0, 0.1) is 12.7 Å². The standard InChI is InChI=1S/C14H18FNO4/c1-9-5-6-10(8-11(9)15)13(17)16-12(14(18)19)4-3-7-20-2/h5-6,8,12H,3-4,7H2,1-2H3,(H,16,17)(H,18,19). The smallest absolute Gasteiger partial charge is 0.326 e. The summed E-state index contributed by atoms with van der Waals surface area (Å²) in [7, 11) is 1.52. The maximum atomic E-state index is 13.4. The first-order chi connectivity index (χ1) is 9.45. The molecule has 1 rings (SSSR count). The molecule has 0 aliphatic carbocycles. The fourth-order valence-corrected chi connectivity index (χ4v) is 1.66. The maximum Gasteiger partial charge on any atom is 0.326 e. The molecular formula is C14H18FNO4. The van der Waals surface area contributed by atoms with Crippen LogP contribution in [-0.4, -0.2) is 36.7 Å². The summed E-state index contributed by atoms with van der Waals surface area (Å²) in [6.45, 7) is 2.00. The lowest BCUT2D eigenvalue weighted by Gasteiger charge is -2.14. The molecule has 110 valence electrons. The average molecular weight is 283 g/mol. The third-order valence-corrected chi connectivity index (χ3v) is 2.88. The minimum Gasteiger partial charge on any atom is -0.480 e. The van der Waals surface area contributed by atoms with Crippen molar-refractivity contribution < 1.29 is 23.8 Å². The number of nitrogens with one attached hydrogen (secondary N) is 1. The predicted octanol–water partition coefficient (Wildman–Crippen LogP) is 1.74. The number of hydrogen-bond donors (Lipinski definition) is 2. The summed E-state index contributed by atoms with van der Waals surface area (Å²) in [6.07, 6.45) is 0.763. The Bertz CT molecular complexity index is 490. The van der Waals surface area contributed by atoms with E-state index in [2.05, 4.69) is 5.32 Å². The number of methoxy groups -OCH3 is 1. The van der Waals surface area contributed by atoms with E-state index in [4.69, 9.17) is 9.84 Å². The molecular weight excluding hydrogens is 265 g/mol. The molecule has 0 saturated heterocycles. The van der Waals surface area contributed by atoms with Gasteiger partial charge >= 0.3 is 5.97 Å². The first kappa shape index (κ1) is 16.1.